The summed E-state index contributed by atoms with van der Waals surface area (Å²) in [4.78, 5) is 4.50. The Morgan fingerprint density at radius 1 is 1.25 bits per heavy atom. The van der Waals surface area contributed by atoms with Crippen LogP contribution in [0.4, 0.5) is 0 Å². The minimum absolute atomic E-state index is 0.150. The highest BCUT2D eigenvalue weighted by Gasteiger charge is 2.27. The number of hydrogen-bond donors (Lipinski definition) is 1. The summed E-state index contributed by atoms with van der Waals surface area (Å²) in [5.41, 5.74) is 0. The quantitative estimate of drug-likeness (QED) is 0.851. The molecule has 0 bridgehead atoms. The first-order valence-electron chi connectivity index (χ1n) is 6.38. The Bertz CT molecular complexity index is 348. The molecule has 1 N–H and O–H groups in total. The molecule has 1 fully saturated rings. The summed E-state index contributed by atoms with van der Waals surface area (Å²) < 4.78 is 1.97. The monoisotopic (exact) mass is 223 g/mol. The molecular formula is C12H21N3O. The summed E-state index contributed by atoms with van der Waals surface area (Å²) in [6.45, 7) is 4.16. The number of nitrogens with zero attached hydrogens (tertiary/aromatic N) is 3. The van der Waals surface area contributed by atoms with Gasteiger partial charge in [-0.25, -0.2) is 9.67 Å². The molecule has 0 spiro atoms. The third-order valence-electron chi connectivity index (χ3n) is 3.39. The van der Waals surface area contributed by atoms with Gasteiger partial charge in [0.2, 0.25) is 0 Å². The second-order valence-electron chi connectivity index (χ2n) is 4.52. The predicted molar refractivity (Wildman–Crippen MR) is 62.3 cm³/mol. The molecule has 0 amide bonds. The van der Waals surface area contributed by atoms with Gasteiger partial charge >= 0.3 is 0 Å². The average molecular weight is 223 g/mol. The lowest BCUT2D eigenvalue weighted by Crippen LogP contribution is -2.29. The van der Waals surface area contributed by atoms with Crippen LogP contribution in [0.15, 0.2) is 0 Å². The maximum Gasteiger partial charge on any atom is 0.150 e. The van der Waals surface area contributed by atoms with Crippen molar-refractivity contribution in [3.63, 3.8) is 0 Å². The molecule has 4 heteroatoms. The van der Waals surface area contributed by atoms with Crippen LogP contribution < -0.4 is 0 Å². The normalized spacial score (nSPS) is 25.9. The van der Waals surface area contributed by atoms with Crippen LogP contribution in [0.5, 0.6) is 0 Å². The van der Waals surface area contributed by atoms with Gasteiger partial charge in [-0.2, -0.15) is 5.10 Å². The zero-order valence-corrected chi connectivity index (χ0v) is 10.2. The van der Waals surface area contributed by atoms with Crippen molar-refractivity contribution in [2.45, 2.75) is 64.5 Å². The molecule has 0 radical (unpaired) electrons. The summed E-state index contributed by atoms with van der Waals surface area (Å²) in [5, 5.41) is 14.6. The molecule has 2 unspecified atom stereocenters. The van der Waals surface area contributed by atoms with Crippen LogP contribution >= 0.6 is 0 Å². The van der Waals surface area contributed by atoms with Crippen LogP contribution in [0.2, 0.25) is 0 Å². The average Bonchev–Trinajstić information content (AvgIpc) is 2.72. The summed E-state index contributed by atoms with van der Waals surface area (Å²) in [6.07, 6.45) is 5.75. The molecule has 2 rings (SSSR count). The van der Waals surface area contributed by atoms with Gasteiger partial charge < -0.3 is 5.11 Å². The molecule has 90 valence electrons. The lowest BCUT2D eigenvalue weighted by atomic mass is 9.92. The third kappa shape index (κ3) is 2.12. The highest BCUT2D eigenvalue weighted by molar-refractivity contribution is 4.96. The zero-order chi connectivity index (χ0) is 11.5. The predicted octanol–water partition coefficient (Wildman–Crippen LogP) is 1.88. The van der Waals surface area contributed by atoms with E-state index in [-0.39, 0.29) is 12.1 Å². The zero-order valence-electron chi connectivity index (χ0n) is 10.2. The standard InChI is InChI=1S/C12H21N3O/c1-3-11-13-12(4-2)15(14-11)9-7-5-6-8-10(9)16/h9-10,16H,3-8H2,1-2H3. The van der Waals surface area contributed by atoms with Gasteiger partial charge in [0.25, 0.3) is 0 Å². The number of aromatic nitrogens is 3. The molecule has 1 aliphatic carbocycles. The topological polar surface area (TPSA) is 50.9 Å². The Morgan fingerprint density at radius 3 is 2.62 bits per heavy atom. The van der Waals surface area contributed by atoms with Gasteiger partial charge in [0, 0.05) is 12.8 Å². The van der Waals surface area contributed by atoms with Gasteiger partial charge in [0.1, 0.15) is 5.82 Å². The van der Waals surface area contributed by atoms with E-state index in [1.165, 1.54) is 6.42 Å². The molecule has 2 atom stereocenters. The summed E-state index contributed by atoms with van der Waals surface area (Å²) in [6, 6.07) is 0.150. The fourth-order valence-electron chi connectivity index (χ4n) is 2.44. The summed E-state index contributed by atoms with van der Waals surface area (Å²) in [5.74, 6) is 1.91. The van der Waals surface area contributed by atoms with E-state index in [9.17, 15) is 5.11 Å². The van der Waals surface area contributed by atoms with E-state index in [0.29, 0.717) is 0 Å². The van der Waals surface area contributed by atoms with Crippen LogP contribution in [-0.4, -0.2) is 26.0 Å². The first-order valence-corrected chi connectivity index (χ1v) is 6.38. The minimum Gasteiger partial charge on any atom is -0.391 e. The van der Waals surface area contributed by atoms with Crippen molar-refractivity contribution in [3.05, 3.63) is 11.6 Å². The lowest BCUT2D eigenvalue weighted by molar-refractivity contribution is 0.0676. The van der Waals surface area contributed by atoms with Crippen molar-refractivity contribution in [2.75, 3.05) is 0 Å². The number of aliphatic hydroxyl groups excluding tert-OH is 1. The number of rotatable bonds is 3. The van der Waals surface area contributed by atoms with Crippen molar-refractivity contribution in [2.24, 2.45) is 0 Å². The third-order valence-corrected chi connectivity index (χ3v) is 3.39. The van der Waals surface area contributed by atoms with Crippen molar-refractivity contribution >= 4 is 0 Å². The molecule has 1 heterocycles. The molecule has 0 aliphatic heterocycles. The molecule has 1 aromatic rings. The van der Waals surface area contributed by atoms with E-state index in [1.807, 2.05) is 4.68 Å². The lowest BCUT2D eigenvalue weighted by Gasteiger charge is -2.28. The van der Waals surface area contributed by atoms with Crippen LogP contribution in [0.3, 0.4) is 0 Å². The second-order valence-corrected chi connectivity index (χ2v) is 4.52. The smallest absolute Gasteiger partial charge is 0.150 e. The molecule has 1 aromatic heterocycles. The second kappa shape index (κ2) is 4.95. The van der Waals surface area contributed by atoms with Crippen molar-refractivity contribution in [1.29, 1.82) is 0 Å². The number of aryl methyl sites for hydroxylation is 2. The Balaban J connectivity index is 2.26. The molecule has 1 aliphatic rings. The Hall–Kier alpha value is -0.900. The van der Waals surface area contributed by atoms with Crippen LogP contribution in [0, 0.1) is 0 Å². The van der Waals surface area contributed by atoms with E-state index in [4.69, 9.17) is 0 Å². The van der Waals surface area contributed by atoms with Gasteiger partial charge in [0.15, 0.2) is 5.82 Å². The maximum atomic E-state index is 10.0. The minimum atomic E-state index is -0.245. The maximum absolute atomic E-state index is 10.0. The fraction of sp³-hybridized carbons (Fsp3) is 0.833. The van der Waals surface area contributed by atoms with Gasteiger partial charge in [-0.3, -0.25) is 0 Å². The van der Waals surface area contributed by atoms with Crippen LogP contribution in [-0.2, 0) is 12.8 Å². The van der Waals surface area contributed by atoms with Crippen molar-refractivity contribution in [1.82, 2.24) is 14.8 Å². The Labute approximate surface area is 96.7 Å². The first kappa shape index (κ1) is 11.6. The van der Waals surface area contributed by atoms with E-state index in [2.05, 4.69) is 23.9 Å². The summed E-state index contributed by atoms with van der Waals surface area (Å²) >= 11 is 0. The van der Waals surface area contributed by atoms with Crippen molar-refractivity contribution in [3.8, 4) is 0 Å². The van der Waals surface area contributed by atoms with Crippen LogP contribution in [0.1, 0.15) is 57.2 Å². The van der Waals surface area contributed by atoms with E-state index in [1.54, 1.807) is 0 Å². The van der Waals surface area contributed by atoms with Gasteiger partial charge in [-0.1, -0.05) is 26.7 Å². The fourth-order valence-corrected chi connectivity index (χ4v) is 2.44. The molecule has 4 nitrogen and oxygen atoms in total. The molecule has 0 aromatic carbocycles. The molecular weight excluding hydrogens is 202 g/mol. The van der Waals surface area contributed by atoms with Gasteiger partial charge in [-0.15, -0.1) is 0 Å². The SMILES string of the molecule is CCc1nc(CC)n(C2CCCCC2O)n1. The Morgan fingerprint density at radius 2 is 2.00 bits per heavy atom. The molecule has 0 saturated heterocycles. The number of hydrogen-bond acceptors (Lipinski definition) is 3. The van der Waals surface area contributed by atoms with Gasteiger partial charge in [-0.05, 0) is 12.8 Å². The van der Waals surface area contributed by atoms with Crippen LogP contribution in [0.25, 0.3) is 0 Å². The largest absolute Gasteiger partial charge is 0.391 e. The van der Waals surface area contributed by atoms with Crippen molar-refractivity contribution < 1.29 is 5.11 Å². The first-order chi connectivity index (χ1) is 7.76. The highest BCUT2D eigenvalue weighted by Crippen LogP contribution is 2.29. The Kier molecular flexibility index (Phi) is 3.59. The van der Waals surface area contributed by atoms with E-state index in [0.717, 1.165) is 43.8 Å². The summed E-state index contributed by atoms with van der Waals surface area (Å²) in [7, 11) is 0. The van der Waals surface area contributed by atoms with Gasteiger partial charge in [0.05, 0.1) is 12.1 Å². The van der Waals surface area contributed by atoms with E-state index < -0.39 is 0 Å². The molecule has 1 saturated carbocycles. The van der Waals surface area contributed by atoms with E-state index >= 15 is 0 Å². The highest BCUT2D eigenvalue weighted by atomic mass is 16.3. The molecule has 16 heavy (non-hydrogen) atoms. The number of aliphatic hydroxyl groups is 1.